The van der Waals surface area contributed by atoms with Crippen LogP contribution in [-0.4, -0.2) is 91.3 Å². The van der Waals surface area contributed by atoms with Crippen molar-refractivity contribution in [3.05, 3.63) is 90.0 Å². The van der Waals surface area contributed by atoms with E-state index in [0.717, 1.165) is 11.1 Å². The van der Waals surface area contributed by atoms with Gasteiger partial charge in [-0.05, 0) is 54.4 Å². The Kier molecular flexibility index (Phi) is 13.9. The molecule has 2 heterocycles. The van der Waals surface area contributed by atoms with Crippen molar-refractivity contribution in [2.24, 2.45) is 11.8 Å². The van der Waals surface area contributed by atoms with Gasteiger partial charge in [0.05, 0.1) is 17.0 Å². The molecule has 1 fully saturated rings. The number of nitrogens with zero attached hydrogens (tertiary/aromatic N) is 2. The second kappa shape index (κ2) is 18.6. The number of rotatable bonds is 17. The molecule has 0 spiro atoms. The molecule has 0 aliphatic carbocycles. The van der Waals surface area contributed by atoms with Gasteiger partial charge in [0.1, 0.15) is 18.7 Å². The molecule has 3 N–H and O–H groups in total. The van der Waals surface area contributed by atoms with Crippen molar-refractivity contribution < 1.29 is 42.1 Å². The van der Waals surface area contributed by atoms with E-state index in [-0.39, 0.29) is 49.6 Å². The monoisotopic (exact) mass is 764 g/mol. The minimum absolute atomic E-state index is 0.00676. The predicted molar refractivity (Wildman–Crippen MR) is 202 cm³/mol. The summed E-state index contributed by atoms with van der Waals surface area (Å²) < 4.78 is 45.6. The largest absolute Gasteiger partial charge is 0.454 e. The van der Waals surface area contributed by atoms with E-state index in [2.05, 4.69) is 10.6 Å². The summed E-state index contributed by atoms with van der Waals surface area (Å²) in [5.74, 6) is -0.628. The van der Waals surface area contributed by atoms with Crippen LogP contribution in [0, 0.1) is 11.8 Å². The van der Waals surface area contributed by atoms with Crippen molar-refractivity contribution in [2.75, 3.05) is 26.4 Å². The molecule has 2 aliphatic heterocycles. The summed E-state index contributed by atoms with van der Waals surface area (Å²) in [5, 5.41) is 17.7. The first kappa shape index (κ1) is 40.5. The molecule has 13 nitrogen and oxygen atoms in total. The summed E-state index contributed by atoms with van der Waals surface area (Å²) in [6.45, 7) is 7.71. The lowest BCUT2D eigenvalue weighted by atomic mass is 9.95. The number of carbonyl (C=O) groups is 3. The summed E-state index contributed by atoms with van der Waals surface area (Å²) in [7, 11) is -4.11. The molecular weight excluding hydrogens is 713 g/mol. The van der Waals surface area contributed by atoms with Crippen LogP contribution in [0.3, 0.4) is 0 Å². The zero-order valence-corrected chi connectivity index (χ0v) is 32.2. The first-order valence-electron chi connectivity index (χ1n) is 18.6. The maximum Gasteiger partial charge on any atom is 0.410 e. The van der Waals surface area contributed by atoms with E-state index in [0.29, 0.717) is 37.3 Å². The van der Waals surface area contributed by atoms with E-state index in [9.17, 15) is 27.9 Å². The van der Waals surface area contributed by atoms with Crippen LogP contribution in [0.25, 0.3) is 0 Å². The molecule has 292 valence electrons. The molecule has 54 heavy (non-hydrogen) atoms. The van der Waals surface area contributed by atoms with Crippen LogP contribution in [0.1, 0.15) is 58.1 Å². The molecule has 14 heteroatoms. The Hall–Kier alpha value is -4.66. The average molecular weight is 765 g/mol. The lowest BCUT2D eigenvalue weighted by Crippen LogP contribution is -2.59. The molecule has 0 saturated carbocycles. The summed E-state index contributed by atoms with van der Waals surface area (Å²) in [5.41, 5.74) is 1.64. The van der Waals surface area contributed by atoms with Crippen LogP contribution in [0.5, 0.6) is 11.5 Å². The van der Waals surface area contributed by atoms with Crippen molar-refractivity contribution in [3.63, 3.8) is 0 Å². The Bertz CT molecular complexity index is 1830. The smallest absolute Gasteiger partial charge is 0.410 e. The molecule has 3 amide bonds. The Morgan fingerprint density at radius 3 is 2.26 bits per heavy atom. The van der Waals surface area contributed by atoms with Crippen molar-refractivity contribution in [2.45, 2.75) is 89.1 Å². The van der Waals surface area contributed by atoms with Crippen LogP contribution >= 0.6 is 0 Å². The number of fused-ring (bicyclic) bond motifs is 1. The quantitative estimate of drug-likeness (QED) is 0.180. The van der Waals surface area contributed by atoms with Gasteiger partial charge in [0.2, 0.25) is 28.6 Å². The normalized spacial score (nSPS) is 17.5. The van der Waals surface area contributed by atoms with E-state index in [4.69, 9.17) is 14.2 Å². The molecule has 1 saturated heterocycles. The first-order chi connectivity index (χ1) is 25.9. The second-order valence-corrected chi connectivity index (χ2v) is 16.3. The Morgan fingerprint density at radius 1 is 0.926 bits per heavy atom. The summed E-state index contributed by atoms with van der Waals surface area (Å²) in [6, 6.07) is 20.2. The van der Waals surface area contributed by atoms with Crippen molar-refractivity contribution in [1.82, 2.24) is 19.8 Å². The standard InChI is InChI=1S/C40H52N4O9S/c1-5-28(4)37(42-38(46)33-17-12-20-44(33)40(48)51-25-30-15-10-7-11-16-30)39(47)41-32(21-29-13-8-6-9-14-29)34(45)24-43(23-27(2)3)54(49,50)31-18-19-35-36(22-31)53-26-52-35/h6-11,13-16,18-19,22,27-28,32-34,37,45H,5,12,17,20-21,23-26H2,1-4H3,(H,41,47)(H,42,46)/t28-,32-,33-,34+,37-/m0/s1. The van der Waals surface area contributed by atoms with Gasteiger partial charge >= 0.3 is 6.09 Å². The first-order valence-corrected chi connectivity index (χ1v) is 20.0. The zero-order chi connectivity index (χ0) is 38.8. The van der Waals surface area contributed by atoms with E-state index in [1.165, 1.54) is 21.3 Å². The molecular formula is C40H52N4O9S. The summed E-state index contributed by atoms with van der Waals surface area (Å²) in [6.07, 6.45) is -0.179. The minimum atomic E-state index is -4.11. The molecule has 5 atom stereocenters. The SMILES string of the molecule is CC[C@H](C)[C@H](NC(=O)[C@@H]1CCCN1C(=O)OCc1ccccc1)C(=O)N[C@@H](Cc1ccccc1)[C@H](O)CN(CC(C)C)S(=O)(=O)c1ccc2c(c1)OCO2. The number of ether oxygens (including phenoxy) is 3. The number of hydrogen-bond acceptors (Lipinski definition) is 9. The summed E-state index contributed by atoms with van der Waals surface area (Å²) >= 11 is 0. The Labute approximate surface area is 318 Å². The molecule has 0 bridgehead atoms. The molecule has 0 aromatic heterocycles. The number of amides is 3. The van der Waals surface area contributed by atoms with Gasteiger partial charge in [0.15, 0.2) is 11.5 Å². The van der Waals surface area contributed by atoms with Crippen LogP contribution in [0.15, 0.2) is 83.8 Å². The molecule has 0 unspecified atom stereocenters. The van der Waals surface area contributed by atoms with Gasteiger partial charge < -0.3 is 30.0 Å². The average Bonchev–Trinajstić information content (AvgIpc) is 3.86. The number of nitrogens with one attached hydrogen (secondary N) is 2. The third-order valence-electron chi connectivity index (χ3n) is 9.82. The lowest BCUT2D eigenvalue weighted by molar-refractivity contribution is -0.133. The van der Waals surface area contributed by atoms with E-state index in [1.54, 1.807) is 6.07 Å². The van der Waals surface area contributed by atoms with Gasteiger partial charge in [0.25, 0.3) is 0 Å². The topological polar surface area (TPSA) is 164 Å². The number of likely N-dealkylation sites (tertiary alicyclic amines) is 1. The number of benzene rings is 3. The molecule has 5 rings (SSSR count). The van der Waals surface area contributed by atoms with Gasteiger partial charge in [0, 0.05) is 25.7 Å². The van der Waals surface area contributed by atoms with E-state index < -0.39 is 52.2 Å². The maximum atomic E-state index is 14.2. The van der Waals surface area contributed by atoms with Gasteiger partial charge in [-0.3, -0.25) is 14.5 Å². The molecule has 3 aromatic carbocycles. The van der Waals surface area contributed by atoms with Crippen molar-refractivity contribution in [1.29, 1.82) is 0 Å². The fourth-order valence-corrected chi connectivity index (χ4v) is 8.27. The number of aliphatic hydroxyl groups excluding tert-OH is 1. The predicted octanol–water partition coefficient (Wildman–Crippen LogP) is 4.48. The van der Waals surface area contributed by atoms with Gasteiger partial charge in [-0.1, -0.05) is 94.8 Å². The van der Waals surface area contributed by atoms with Gasteiger partial charge in [-0.15, -0.1) is 0 Å². The van der Waals surface area contributed by atoms with Crippen LogP contribution in [0.2, 0.25) is 0 Å². The molecule has 2 aliphatic rings. The summed E-state index contributed by atoms with van der Waals surface area (Å²) in [4.78, 5) is 42.4. The third kappa shape index (κ3) is 10.3. The van der Waals surface area contributed by atoms with Crippen LogP contribution in [-0.2, 0) is 37.4 Å². The van der Waals surface area contributed by atoms with Gasteiger partial charge in [-0.25, -0.2) is 13.2 Å². The van der Waals surface area contributed by atoms with Crippen molar-refractivity contribution >= 4 is 27.9 Å². The Morgan fingerprint density at radius 2 is 1.59 bits per heavy atom. The Balaban J connectivity index is 1.33. The number of aliphatic hydroxyl groups is 1. The number of sulfonamides is 1. The fourth-order valence-electron chi connectivity index (χ4n) is 6.64. The third-order valence-corrected chi connectivity index (χ3v) is 11.6. The molecule has 0 radical (unpaired) electrons. The van der Waals surface area contributed by atoms with Crippen LogP contribution in [0.4, 0.5) is 4.79 Å². The van der Waals surface area contributed by atoms with E-state index in [1.807, 2.05) is 88.4 Å². The highest BCUT2D eigenvalue weighted by atomic mass is 32.2. The lowest BCUT2D eigenvalue weighted by Gasteiger charge is -2.33. The van der Waals surface area contributed by atoms with Crippen LogP contribution < -0.4 is 20.1 Å². The fraction of sp³-hybridized carbons (Fsp3) is 0.475. The highest BCUT2D eigenvalue weighted by molar-refractivity contribution is 7.89. The number of carbonyl (C=O) groups excluding carboxylic acids is 3. The molecule has 3 aromatic rings. The minimum Gasteiger partial charge on any atom is -0.454 e. The van der Waals surface area contributed by atoms with E-state index >= 15 is 0 Å². The zero-order valence-electron chi connectivity index (χ0n) is 31.3. The number of hydrogen-bond donors (Lipinski definition) is 3. The van der Waals surface area contributed by atoms with Gasteiger partial charge in [-0.2, -0.15) is 4.31 Å². The highest BCUT2D eigenvalue weighted by Gasteiger charge is 2.39. The van der Waals surface area contributed by atoms with Crippen molar-refractivity contribution in [3.8, 4) is 11.5 Å². The second-order valence-electron chi connectivity index (χ2n) is 14.4. The highest BCUT2D eigenvalue weighted by Crippen LogP contribution is 2.35. The maximum absolute atomic E-state index is 14.2.